The molecule has 6 nitrogen and oxygen atoms in total. The molecule has 3 rings (SSSR count). The van der Waals surface area contributed by atoms with E-state index < -0.39 is 26.2 Å². The summed E-state index contributed by atoms with van der Waals surface area (Å²) >= 11 is 0. The summed E-state index contributed by atoms with van der Waals surface area (Å²) in [5.41, 5.74) is 2.20. The summed E-state index contributed by atoms with van der Waals surface area (Å²) in [7, 11) is 3.90. The minimum Gasteiger partial charge on any atom is -0.388 e. The van der Waals surface area contributed by atoms with E-state index in [4.69, 9.17) is 0 Å². The van der Waals surface area contributed by atoms with E-state index in [0.717, 1.165) is 17.0 Å². The van der Waals surface area contributed by atoms with Crippen LogP contribution in [0.4, 0.5) is 0 Å². The fraction of sp³-hybridized carbons (Fsp3) is 0.357. The van der Waals surface area contributed by atoms with Gasteiger partial charge in [-0.3, -0.25) is 0 Å². The summed E-state index contributed by atoms with van der Waals surface area (Å²) in [6.07, 6.45) is 21.3. The van der Waals surface area contributed by atoms with Crippen LogP contribution in [0, 0.1) is 6.92 Å². The van der Waals surface area contributed by atoms with Gasteiger partial charge in [0, 0.05) is 25.5 Å². The van der Waals surface area contributed by atoms with Crippen molar-refractivity contribution < 1.29 is 8.42 Å². The molecule has 1 unspecified atom stereocenters. The largest absolute Gasteiger partial charge is 0.388 e. The van der Waals surface area contributed by atoms with Crippen LogP contribution in [0.15, 0.2) is 101 Å². The number of likely N-dealkylation sites (N-methyl/N-ethyl adjacent to an activating group) is 4. The van der Waals surface area contributed by atoms with E-state index in [-0.39, 0.29) is 0 Å². The van der Waals surface area contributed by atoms with Gasteiger partial charge in [0.05, 0.1) is 16.0 Å². The maximum atomic E-state index is 13.7. The van der Waals surface area contributed by atoms with Gasteiger partial charge in [0.1, 0.15) is 5.25 Å². The number of sulfone groups is 1. The van der Waals surface area contributed by atoms with Crippen molar-refractivity contribution >= 4 is 9.84 Å². The first kappa shape index (κ1) is 26.7. The van der Waals surface area contributed by atoms with E-state index in [9.17, 15) is 8.42 Å². The highest BCUT2D eigenvalue weighted by atomic mass is 32.2. The molecule has 1 aromatic carbocycles. The van der Waals surface area contributed by atoms with E-state index in [1.807, 2.05) is 71.6 Å². The number of rotatable bonds is 10. The fourth-order valence-electron chi connectivity index (χ4n) is 4.15. The number of nitrogens with one attached hydrogen (secondary N) is 4. The average molecular weight is 495 g/mol. The van der Waals surface area contributed by atoms with Crippen molar-refractivity contribution in [2.24, 2.45) is 0 Å². The molecule has 0 saturated heterocycles. The first-order chi connectivity index (χ1) is 16.7. The van der Waals surface area contributed by atoms with Crippen molar-refractivity contribution in [1.29, 1.82) is 0 Å². The lowest BCUT2D eigenvalue weighted by Crippen LogP contribution is -2.41. The van der Waals surface area contributed by atoms with Crippen molar-refractivity contribution in [3.63, 3.8) is 0 Å². The minimum atomic E-state index is -3.65. The molecule has 0 saturated carbocycles. The van der Waals surface area contributed by atoms with Gasteiger partial charge in [-0.15, -0.1) is 0 Å². The molecule has 2 aliphatic rings. The minimum absolute atomic E-state index is 0.313. The second-order valence-electron chi connectivity index (χ2n) is 9.02. The maximum Gasteiger partial charge on any atom is 0.188 e. The molecule has 188 valence electrons. The van der Waals surface area contributed by atoms with Crippen LogP contribution in [0.5, 0.6) is 0 Å². The third-order valence-corrected chi connectivity index (χ3v) is 8.78. The molecule has 0 radical (unpaired) electrons. The molecule has 0 fully saturated rings. The van der Waals surface area contributed by atoms with E-state index in [1.54, 1.807) is 24.3 Å². The van der Waals surface area contributed by atoms with Gasteiger partial charge < -0.3 is 21.3 Å². The topological polar surface area (TPSA) is 82.3 Å². The zero-order chi connectivity index (χ0) is 25.5. The van der Waals surface area contributed by atoms with Gasteiger partial charge in [-0.1, -0.05) is 66.3 Å². The molecule has 7 heteroatoms. The lowest BCUT2D eigenvalue weighted by Gasteiger charge is -2.30. The van der Waals surface area contributed by atoms with Gasteiger partial charge in [-0.2, -0.15) is 0 Å². The standard InChI is InChI=1S/C28H38N4O2S/c1-22-6-8-25(9-7-22)35(33,34)26(14-20-27(31-4)16-10-23(29-2)11-17-27)15-21-28(32-5)18-12-24(30-3)13-19-28/h6-16,18,20-21,26,29-32H,17,19H2,1-5H3/b20-14-,21-15+/t26?,27-,28+/m0/s1. The van der Waals surface area contributed by atoms with Gasteiger partial charge in [-0.05, 0) is 58.1 Å². The molecule has 0 heterocycles. The van der Waals surface area contributed by atoms with Crippen LogP contribution in [0.1, 0.15) is 18.4 Å². The maximum absolute atomic E-state index is 13.7. The molecular weight excluding hydrogens is 456 g/mol. The van der Waals surface area contributed by atoms with Crippen molar-refractivity contribution in [2.75, 3.05) is 28.2 Å². The van der Waals surface area contributed by atoms with Crippen LogP contribution >= 0.6 is 0 Å². The summed E-state index contributed by atoms with van der Waals surface area (Å²) < 4.78 is 27.5. The molecule has 0 bridgehead atoms. The molecule has 0 spiro atoms. The van der Waals surface area contributed by atoms with E-state index in [0.29, 0.717) is 17.7 Å². The third kappa shape index (κ3) is 6.23. The van der Waals surface area contributed by atoms with Crippen molar-refractivity contribution in [1.82, 2.24) is 21.3 Å². The summed E-state index contributed by atoms with van der Waals surface area (Å²) in [6, 6.07) is 7.05. The number of hydrogen-bond acceptors (Lipinski definition) is 6. The Hall–Kier alpha value is -2.87. The van der Waals surface area contributed by atoms with E-state index >= 15 is 0 Å². The molecule has 0 amide bonds. The quantitative estimate of drug-likeness (QED) is 0.374. The predicted octanol–water partition coefficient (Wildman–Crippen LogP) is 3.29. The monoisotopic (exact) mass is 494 g/mol. The van der Waals surface area contributed by atoms with E-state index in [2.05, 4.69) is 45.6 Å². The van der Waals surface area contributed by atoms with Crippen LogP contribution in [0.3, 0.4) is 0 Å². The second-order valence-corrected chi connectivity index (χ2v) is 11.1. The first-order valence-electron chi connectivity index (χ1n) is 11.9. The zero-order valence-electron chi connectivity index (χ0n) is 21.3. The Morgan fingerprint density at radius 3 is 1.60 bits per heavy atom. The summed E-state index contributed by atoms with van der Waals surface area (Å²) in [5, 5.41) is 12.2. The normalized spacial score (nSPS) is 25.5. The Morgan fingerprint density at radius 1 is 0.800 bits per heavy atom. The average Bonchev–Trinajstić information content (AvgIpc) is 2.89. The first-order valence-corrected chi connectivity index (χ1v) is 13.5. The van der Waals surface area contributed by atoms with Gasteiger partial charge >= 0.3 is 0 Å². The molecule has 4 N–H and O–H groups in total. The van der Waals surface area contributed by atoms with Crippen LogP contribution in [-0.2, 0) is 9.84 Å². The Kier molecular flexibility index (Phi) is 8.59. The molecule has 3 atom stereocenters. The summed E-state index contributed by atoms with van der Waals surface area (Å²) in [6.45, 7) is 1.95. The number of benzene rings is 1. The van der Waals surface area contributed by atoms with Gasteiger partial charge in [0.25, 0.3) is 0 Å². The predicted molar refractivity (Wildman–Crippen MR) is 146 cm³/mol. The smallest absolute Gasteiger partial charge is 0.188 e. The van der Waals surface area contributed by atoms with Crippen LogP contribution < -0.4 is 21.3 Å². The Morgan fingerprint density at radius 2 is 1.26 bits per heavy atom. The highest BCUT2D eigenvalue weighted by molar-refractivity contribution is 7.92. The third-order valence-electron chi connectivity index (χ3n) is 6.82. The Balaban J connectivity index is 1.99. The number of hydrogen-bond donors (Lipinski definition) is 4. The number of aryl methyl sites for hydroxylation is 1. The van der Waals surface area contributed by atoms with Gasteiger partial charge in [-0.25, -0.2) is 8.42 Å². The highest BCUT2D eigenvalue weighted by Crippen LogP contribution is 2.27. The van der Waals surface area contributed by atoms with Crippen molar-refractivity contribution in [3.05, 3.63) is 102 Å². The molecule has 2 aliphatic carbocycles. The zero-order valence-corrected chi connectivity index (χ0v) is 22.1. The summed E-state index contributed by atoms with van der Waals surface area (Å²) in [5.74, 6) is 0. The Labute approximate surface area is 210 Å². The SMILES string of the molecule is CNC1=CC[C@](/C=C/C(/C=C\[C@]2(NC)C=CC(NC)=CC2)S(=O)(=O)c2ccc(C)cc2)(NC)C=C1. The van der Waals surface area contributed by atoms with Crippen LogP contribution in [-0.4, -0.2) is 52.9 Å². The molecular formula is C28H38N4O2S. The van der Waals surface area contributed by atoms with Crippen LogP contribution in [0.2, 0.25) is 0 Å². The van der Waals surface area contributed by atoms with Gasteiger partial charge in [0.2, 0.25) is 0 Å². The molecule has 1 aromatic rings. The van der Waals surface area contributed by atoms with Crippen molar-refractivity contribution in [3.8, 4) is 0 Å². The molecule has 0 aromatic heterocycles. The summed E-state index contributed by atoms with van der Waals surface area (Å²) in [4.78, 5) is 0.313. The van der Waals surface area contributed by atoms with Gasteiger partial charge in [0.15, 0.2) is 9.84 Å². The molecule has 0 aliphatic heterocycles. The fourth-order valence-corrected chi connectivity index (χ4v) is 5.55. The Bertz CT molecular complexity index is 1120. The van der Waals surface area contributed by atoms with E-state index in [1.165, 1.54) is 0 Å². The van der Waals surface area contributed by atoms with Crippen LogP contribution in [0.25, 0.3) is 0 Å². The van der Waals surface area contributed by atoms with Crippen molar-refractivity contribution in [2.45, 2.75) is 41.0 Å². The lowest BCUT2D eigenvalue weighted by molar-refractivity contribution is 0.530. The lowest BCUT2D eigenvalue weighted by atomic mass is 9.88. The number of allylic oxidation sites excluding steroid dienone is 2. The highest BCUT2D eigenvalue weighted by Gasteiger charge is 2.29. The molecule has 35 heavy (non-hydrogen) atoms. The second kappa shape index (κ2) is 11.2.